The number of benzene rings is 1. The van der Waals surface area contributed by atoms with E-state index in [1.54, 1.807) is 0 Å². The fourth-order valence-electron chi connectivity index (χ4n) is 2.51. The highest BCUT2D eigenvalue weighted by molar-refractivity contribution is 5.77. The van der Waals surface area contributed by atoms with Gasteiger partial charge in [0.1, 0.15) is 0 Å². The molecule has 0 saturated heterocycles. The molecule has 4 heteroatoms. The van der Waals surface area contributed by atoms with Crippen molar-refractivity contribution in [1.82, 2.24) is 16.0 Å². The summed E-state index contributed by atoms with van der Waals surface area (Å²) in [5.41, 5.74) is 2.75. The van der Waals surface area contributed by atoms with Gasteiger partial charge < -0.3 is 16.0 Å². The number of fused-ring (bicyclic) bond motifs is 1. The molecule has 0 aliphatic carbocycles. The molecule has 3 N–H and O–H groups in total. The van der Waals surface area contributed by atoms with E-state index in [1.807, 2.05) is 13.8 Å². The highest BCUT2D eigenvalue weighted by Crippen LogP contribution is 2.22. The van der Waals surface area contributed by atoms with Crippen molar-refractivity contribution in [3.63, 3.8) is 0 Å². The van der Waals surface area contributed by atoms with E-state index in [9.17, 15) is 4.79 Å². The zero-order valence-electron chi connectivity index (χ0n) is 12.4. The molecule has 110 valence electrons. The molecule has 0 fully saturated rings. The Labute approximate surface area is 121 Å². The van der Waals surface area contributed by atoms with Crippen LogP contribution in [0.5, 0.6) is 0 Å². The maximum absolute atomic E-state index is 11.5. The quantitative estimate of drug-likeness (QED) is 0.715. The molecule has 1 aromatic carbocycles. The van der Waals surface area contributed by atoms with E-state index < -0.39 is 0 Å². The van der Waals surface area contributed by atoms with Gasteiger partial charge in [-0.05, 0) is 24.1 Å². The SMILES string of the molecule is CC(C)C(=O)NCCNC1CCNCc2ccccc21. The molecule has 0 aromatic heterocycles. The summed E-state index contributed by atoms with van der Waals surface area (Å²) in [5.74, 6) is 0.174. The lowest BCUT2D eigenvalue weighted by molar-refractivity contribution is -0.123. The molecule has 0 bridgehead atoms. The molecule has 1 amide bonds. The summed E-state index contributed by atoms with van der Waals surface area (Å²) >= 11 is 0. The first-order valence-electron chi connectivity index (χ1n) is 7.48. The van der Waals surface area contributed by atoms with Gasteiger partial charge in [0.05, 0.1) is 0 Å². The molecule has 1 aliphatic heterocycles. The van der Waals surface area contributed by atoms with Crippen molar-refractivity contribution in [3.8, 4) is 0 Å². The van der Waals surface area contributed by atoms with Gasteiger partial charge in [0.15, 0.2) is 0 Å². The first-order valence-corrected chi connectivity index (χ1v) is 7.48. The van der Waals surface area contributed by atoms with Crippen LogP contribution >= 0.6 is 0 Å². The monoisotopic (exact) mass is 275 g/mol. The van der Waals surface area contributed by atoms with Gasteiger partial charge in [0.25, 0.3) is 0 Å². The Kier molecular flexibility index (Phi) is 5.56. The zero-order valence-corrected chi connectivity index (χ0v) is 12.4. The van der Waals surface area contributed by atoms with Crippen LogP contribution < -0.4 is 16.0 Å². The Morgan fingerprint density at radius 1 is 1.35 bits per heavy atom. The molecule has 2 rings (SSSR count). The minimum atomic E-state index is 0.0535. The maximum Gasteiger partial charge on any atom is 0.222 e. The van der Waals surface area contributed by atoms with E-state index in [-0.39, 0.29) is 11.8 Å². The number of nitrogens with one attached hydrogen (secondary N) is 3. The Hall–Kier alpha value is -1.39. The number of hydrogen-bond acceptors (Lipinski definition) is 3. The second-order valence-electron chi connectivity index (χ2n) is 5.62. The summed E-state index contributed by atoms with van der Waals surface area (Å²) in [4.78, 5) is 11.5. The molecule has 0 radical (unpaired) electrons. The summed E-state index contributed by atoms with van der Waals surface area (Å²) in [5, 5.41) is 9.95. The van der Waals surface area contributed by atoms with E-state index in [0.29, 0.717) is 12.6 Å². The second kappa shape index (κ2) is 7.41. The average Bonchev–Trinajstić information content (AvgIpc) is 2.65. The molecule has 1 unspecified atom stereocenters. The lowest BCUT2D eigenvalue weighted by atomic mass is 9.99. The Balaban J connectivity index is 1.85. The van der Waals surface area contributed by atoms with Crippen LogP contribution in [0, 0.1) is 5.92 Å². The van der Waals surface area contributed by atoms with Crippen LogP contribution in [-0.2, 0) is 11.3 Å². The predicted molar refractivity (Wildman–Crippen MR) is 81.4 cm³/mol. The van der Waals surface area contributed by atoms with Gasteiger partial charge in [-0.15, -0.1) is 0 Å². The smallest absolute Gasteiger partial charge is 0.222 e. The first kappa shape index (κ1) is 15.0. The van der Waals surface area contributed by atoms with E-state index in [0.717, 1.165) is 26.1 Å². The molecular weight excluding hydrogens is 250 g/mol. The number of hydrogen-bond donors (Lipinski definition) is 3. The van der Waals surface area contributed by atoms with Gasteiger partial charge >= 0.3 is 0 Å². The van der Waals surface area contributed by atoms with Crippen LogP contribution in [0.2, 0.25) is 0 Å². The third kappa shape index (κ3) is 4.05. The Bertz CT molecular complexity index is 445. The van der Waals surface area contributed by atoms with Crippen molar-refractivity contribution in [2.45, 2.75) is 32.9 Å². The van der Waals surface area contributed by atoms with Crippen molar-refractivity contribution in [3.05, 3.63) is 35.4 Å². The van der Waals surface area contributed by atoms with Gasteiger partial charge in [0, 0.05) is 31.6 Å². The van der Waals surface area contributed by atoms with Crippen LogP contribution in [0.4, 0.5) is 0 Å². The lowest BCUT2D eigenvalue weighted by Gasteiger charge is -2.19. The molecule has 1 atom stereocenters. The summed E-state index contributed by atoms with van der Waals surface area (Å²) in [6, 6.07) is 8.94. The summed E-state index contributed by atoms with van der Waals surface area (Å²) in [7, 11) is 0. The van der Waals surface area contributed by atoms with Gasteiger partial charge in [-0.1, -0.05) is 38.1 Å². The van der Waals surface area contributed by atoms with Gasteiger partial charge in [-0.3, -0.25) is 4.79 Å². The molecule has 1 aliphatic rings. The standard InChI is InChI=1S/C16H25N3O/c1-12(2)16(20)19-10-9-18-15-7-8-17-11-13-5-3-4-6-14(13)15/h3-6,12,15,17-18H,7-11H2,1-2H3,(H,19,20). The number of carbonyl (C=O) groups excluding carboxylic acids is 1. The van der Waals surface area contributed by atoms with Crippen LogP contribution in [-0.4, -0.2) is 25.5 Å². The molecular formula is C16H25N3O. The van der Waals surface area contributed by atoms with Crippen LogP contribution in [0.3, 0.4) is 0 Å². The van der Waals surface area contributed by atoms with Crippen molar-refractivity contribution < 1.29 is 4.79 Å². The fourth-order valence-corrected chi connectivity index (χ4v) is 2.51. The Morgan fingerprint density at radius 2 is 2.15 bits per heavy atom. The summed E-state index contributed by atoms with van der Waals surface area (Å²) in [6.45, 7) is 7.27. The van der Waals surface area contributed by atoms with Crippen LogP contribution in [0.1, 0.15) is 37.4 Å². The molecule has 0 saturated carbocycles. The third-order valence-electron chi connectivity index (χ3n) is 3.70. The van der Waals surface area contributed by atoms with E-state index in [1.165, 1.54) is 11.1 Å². The van der Waals surface area contributed by atoms with Gasteiger partial charge in [-0.2, -0.15) is 0 Å². The molecule has 20 heavy (non-hydrogen) atoms. The van der Waals surface area contributed by atoms with Crippen LogP contribution in [0.15, 0.2) is 24.3 Å². The minimum Gasteiger partial charge on any atom is -0.355 e. The van der Waals surface area contributed by atoms with Crippen molar-refractivity contribution in [1.29, 1.82) is 0 Å². The third-order valence-corrected chi connectivity index (χ3v) is 3.70. The molecule has 4 nitrogen and oxygen atoms in total. The fraction of sp³-hybridized carbons (Fsp3) is 0.562. The first-order chi connectivity index (χ1) is 9.68. The van der Waals surface area contributed by atoms with Crippen LogP contribution in [0.25, 0.3) is 0 Å². The second-order valence-corrected chi connectivity index (χ2v) is 5.62. The lowest BCUT2D eigenvalue weighted by Crippen LogP contribution is -2.35. The van der Waals surface area contributed by atoms with Gasteiger partial charge in [0.2, 0.25) is 5.91 Å². The minimum absolute atomic E-state index is 0.0535. The number of carbonyl (C=O) groups is 1. The maximum atomic E-state index is 11.5. The molecule has 1 heterocycles. The van der Waals surface area contributed by atoms with Crippen molar-refractivity contribution >= 4 is 5.91 Å². The predicted octanol–water partition coefficient (Wildman–Crippen LogP) is 1.58. The summed E-state index contributed by atoms with van der Waals surface area (Å²) < 4.78 is 0. The highest BCUT2D eigenvalue weighted by Gasteiger charge is 2.17. The number of amides is 1. The average molecular weight is 275 g/mol. The van der Waals surface area contributed by atoms with E-state index in [2.05, 4.69) is 40.2 Å². The zero-order chi connectivity index (χ0) is 14.4. The Morgan fingerprint density at radius 3 is 2.95 bits per heavy atom. The van der Waals surface area contributed by atoms with Crippen molar-refractivity contribution in [2.75, 3.05) is 19.6 Å². The molecule has 1 aromatic rings. The largest absolute Gasteiger partial charge is 0.355 e. The normalized spacial score (nSPS) is 18.4. The molecule has 0 spiro atoms. The summed E-state index contributed by atoms with van der Waals surface area (Å²) in [6.07, 6.45) is 1.08. The number of rotatable bonds is 5. The van der Waals surface area contributed by atoms with Crippen molar-refractivity contribution in [2.24, 2.45) is 5.92 Å². The van der Waals surface area contributed by atoms with E-state index >= 15 is 0 Å². The highest BCUT2D eigenvalue weighted by atomic mass is 16.1. The van der Waals surface area contributed by atoms with E-state index in [4.69, 9.17) is 0 Å². The topological polar surface area (TPSA) is 53.2 Å². The van der Waals surface area contributed by atoms with Gasteiger partial charge in [-0.25, -0.2) is 0 Å².